The predicted molar refractivity (Wildman–Crippen MR) is 55.4 cm³/mol. The second-order valence-corrected chi connectivity index (χ2v) is 3.05. The van der Waals surface area contributed by atoms with E-state index in [1.54, 1.807) is 18.9 Å². The maximum atomic E-state index is 11.1. The van der Waals surface area contributed by atoms with Crippen LogP contribution in [0.1, 0.15) is 20.3 Å². The number of hydrogen-bond donors (Lipinski definition) is 0. The second kappa shape index (κ2) is 8.23. The lowest BCUT2D eigenvalue weighted by molar-refractivity contribution is -0.144. The maximum Gasteiger partial charge on any atom is 0.307 e. The standard InChI is InChI=1S/C10H19NO4/c1-4-15-10(13)5-6-11(9(2)12)7-8-14-3/h4-8H2,1-3H3. The molecule has 0 aromatic heterocycles. The van der Waals surface area contributed by atoms with E-state index in [2.05, 4.69) is 0 Å². The molecule has 0 aliphatic carbocycles. The van der Waals surface area contributed by atoms with Gasteiger partial charge in [0.1, 0.15) is 0 Å². The van der Waals surface area contributed by atoms with Gasteiger partial charge in [0.15, 0.2) is 0 Å². The molecule has 0 rings (SSSR count). The Hall–Kier alpha value is -1.10. The summed E-state index contributed by atoms with van der Waals surface area (Å²) in [5.41, 5.74) is 0. The van der Waals surface area contributed by atoms with Crippen LogP contribution in [0.4, 0.5) is 0 Å². The van der Waals surface area contributed by atoms with Crippen molar-refractivity contribution in [2.24, 2.45) is 0 Å². The minimum Gasteiger partial charge on any atom is -0.466 e. The van der Waals surface area contributed by atoms with Crippen LogP contribution in [0, 0.1) is 0 Å². The summed E-state index contributed by atoms with van der Waals surface area (Å²) in [5.74, 6) is -0.336. The normalized spacial score (nSPS) is 9.80. The van der Waals surface area contributed by atoms with E-state index < -0.39 is 0 Å². The van der Waals surface area contributed by atoms with E-state index >= 15 is 0 Å². The molecular formula is C10H19NO4. The van der Waals surface area contributed by atoms with Crippen LogP contribution in [-0.4, -0.2) is 50.2 Å². The first kappa shape index (κ1) is 13.9. The van der Waals surface area contributed by atoms with Crippen molar-refractivity contribution >= 4 is 11.9 Å². The Kier molecular flexibility index (Phi) is 7.62. The Morgan fingerprint density at radius 2 is 1.93 bits per heavy atom. The Morgan fingerprint density at radius 3 is 2.40 bits per heavy atom. The molecule has 88 valence electrons. The highest BCUT2D eigenvalue weighted by atomic mass is 16.5. The van der Waals surface area contributed by atoms with E-state index in [4.69, 9.17) is 9.47 Å². The molecule has 0 aliphatic rings. The SMILES string of the molecule is CCOC(=O)CCN(CCOC)C(C)=O. The molecule has 0 atom stereocenters. The highest BCUT2D eigenvalue weighted by molar-refractivity contribution is 5.74. The summed E-state index contributed by atoms with van der Waals surface area (Å²) in [7, 11) is 1.57. The molecule has 0 fully saturated rings. The predicted octanol–water partition coefficient (Wildman–Crippen LogP) is 0.435. The highest BCUT2D eigenvalue weighted by Gasteiger charge is 2.10. The van der Waals surface area contributed by atoms with Gasteiger partial charge in [-0.3, -0.25) is 9.59 Å². The molecule has 0 N–H and O–H groups in total. The van der Waals surface area contributed by atoms with Crippen molar-refractivity contribution in [1.29, 1.82) is 0 Å². The van der Waals surface area contributed by atoms with Crippen LogP contribution in [-0.2, 0) is 19.1 Å². The summed E-state index contributed by atoms with van der Waals surface area (Å²) < 4.78 is 9.64. The first-order valence-corrected chi connectivity index (χ1v) is 5.01. The number of carbonyl (C=O) groups is 2. The van der Waals surface area contributed by atoms with Gasteiger partial charge in [-0.25, -0.2) is 0 Å². The summed E-state index contributed by atoms with van der Waals surface area (Å²) in [6, 6.07) is 0. The lowest BCUT2D eigenvalue weighted by Crippen LogP contribution is -2.34. The van der Waals surface area contributed by atoms with Crippen molar-refractivity contribution in [3.05, 3.63) is 0 Å². The fourth-order valence-electron chi connectivity index (χ4n) is 1.09. The molecule has 0 spiro atoms. The van der Waals surface area contributed by atoms with Crippen molar-refractivity contribution < 1.29 is 19.1 Å². The number of carbonyl (C=O) groups excluding carboxylic acids is 2. The quantitative estimate of drug-likeness (QED) is 0.580. The zero-order chi connectivity index (χ0) is 11.7. The van der Waals surface area contributed by atoms with Gasteiger partial charge in [0.25, 0.3) is 0 Å². The van der Waals surface area contributed by atoms with Gasteiger partial charge in [0.05, 0.1) is 19.6 Å². The number of hydrogen-bond acceptors (Lipinski definition) is 4. The largest absolute Gasteiger partial charge is 0.466 e. The summed E-state index contributed by atoms with van der Waals surface area (Å²) >= 11 is 0. The van der Waals surface area contributed by atoms with Gasteiger partial charge in [-0.2, -0.15) is 0 Å². The Bertz CT molecular complexity index is 204. The van der Waals surface area contributed by atoms with Gasteiger partial charge >= 0.3 is 5.97 Å². The highest BCUT2D eigenvalue weighted by Crippen LogP contribution is 1.95. The van der Waals surface area contributed by atoms with Gasteiger partial charge in [-0.05, 0) is 6.92 Å². The van der Waals surface area contributed by atoms with Gasteiger partial charge < -0.3 is 14.4 Å². The first-order valence-electron chi connectivity index (χ1n) is 5.01. The van der Waals surface area contributed by atoms with Crippen LogP contribution >= 0.6 is 0 Å². The Labute approximate surface area is 90.3 Å². The van der Waals surface area contributed by atoms with Crippen molar-refractivity contribution in [2.75, 3.05) is 33.4 Å². The molecular weight excluding hydrogens is 198 g/mol. The number of methoxy groups -OCH3 is 1. The summed E-state index contributed by atoms with van der Waals surface area (Å²) in [5, 5.41) is 0. The van der Waals surface area contributed by atoms with Crippen LogP contribution in [0.25, 0.3) is 0 Å². The molecule has 15 heavy (non-hydrogen) atoms. The minimum atomic E-state index is -0.277. The average Bonchev–Trinajstić information content (AvgIpc) is 2.17. The van der Waals surface area contributed by atoms with Crippen LogP contribution < -0.4 is 0 Å². The third-order valence-electron chi connectivity index (χ3n) is 1.90. The number of amides is 1. The fraction of sp³-hybridized carbons (Fsp3) is 0.800. The fourth-order valence-corrected chi connectivity index (χ4v) is 1.09. The van der Waals surface area contributed by atoms with Gasteiger partial charge in [-0.1, -0.05) is 0 Å². The molecule has 0 heterocycles. The number of rotatable bonds is 7. The van der Waals surface area contributed by atoms with Crippen molar-refractivity contribution in [2.45, 2.75) is 20.3 Å². The van der Waals surface area contributed by atoms with Crippen molar-refractivity contribution in [3.63, 3.8) is 0 Å². The van der Waals surface area contributed by atoms with Gasteiger partial charge in [0, 0.05) is 27.1 Å². The van der Waals surface area contributed by atoms with Crippen molar-refractivity contribution in [1.82, 2.24) is 4.90 Å². The van der Waals surface area contributed by atoms with Gasteiger partial charge in [0.2, 0.25) is 5.91 Å². The second-order valence-electron chi connectivity index (χ2n) is 3.05. The molecule has 5 heteroatoms. The van der Waals surface area contributed by atoms with Crippen LogP contribution in [0.2, 0.25) is 0 Å². The Balaban J connectivity index is 3.85. The molecule has 0 aromatic rings. The van der Waals surface area contributed by atoms with Crippen LogP contribution in [0.5, 0.6) is 0 Å². The van der Waals surface area contributed by atoms with E-state index in [-0.39, 0.29) is 18.3 Å². The monoisotopic (exact) mass is 217 g/mol. The molecule has 0 saturated carbocycles. The van der Waals surface area contributed by atoms with E-state index in [0.717, 1.165) is 0 Å². The number of esters is 1. The van der Waals surface area contributed by atoms with Gasteiger partial charge in [-0.15, -0.1) is 0 Å². The van der Waals surface area contributed by atoms with Crippen LogP contribution in [0.15, 0.2) is 0 Å². The molecule has 1 amide bonds. The average molecular weight is 217 g/mol. The maximum absolute atomic E-state index is 11.1. The topological polar surface area (TPSA) is 55.8 Å². The molecule has 0 aromatic carbocycles. The Morgan fingerprint density at radius 1 is 1.27 bits per heavy atom. The summed E-state index contributed by atoms with van der Waals surface area (Å²) in [6.45, 7) is 4.97. The summed E-state index contributed by atoms with van der Waals surface area (Å²) in [4.78, 5) is 23.8. The molecule has 5 nitrogen and oxygen atoms in total. The summed E-state index contributed by atoms with van der Waals surface area (Å²) in [6.07, 6.45) is 0.233. The van der Waals surface area contributed by atoms with E-state index in [1.165, 1.54) is 6.92 Å². The molecule has 0 radical (unpaired) electrons. The molecule has 0 aliphatic heterocycles. The zero-order valence-electron chi connectivity index (χ0n) is 9.62. The minimum absolute atomic E-state index is 0.0589. The molecule has 0 unspecified atom stereocenters. The lowest BCUT2D eigenvalue weighted by Gasteiger charge is -2.19. The zero-order valence-corrected chi connectivity index (χ0v) is 9.62. The number of nitrogens with zero attached hydrogens (tertiary/aromatic N) is 1. The first-order chi connectivity index (χ1) is 7.11. The van der Waals surface area contributed by atoms with Crippen molar-refractivity contribution in [3.8, 4) is 0 Å². The lowest BCUT2D eigenvalue weighted by atomic mass is 10.3. The molecule has 0 saturated heterocycles. The number of ether oxygens (including phenoxy) is 2. The van der Waals surface area contributed by atoms with Crippen LogP contribution in [0.3, 0.4) is 0 Å². The third kappa shape index (κ3) is 6.90. The van der Waals surface area contributed by atoms with E-state index in [0.29, 0.717) is 26.3 Å². The third-order valence-corrected chi connectivity index (χ3v) is 1.90. The molecule has 0 bridgehead atoms. The van der Waals surface area contributed by atoms with E-state index in [1.807, 2.05) is 0 Å². The smallest absolute Gasteiger partial charge is 0.307 e. The van der Waals surface area contributed by atoms with E-state index in [9.17, 15) is 9.59 Å².